The van der Waals surface area contributed by atoms with E-state index in [1.807, 2.05) is 19.3 Å². The molecular weight excluding hydrogens is 465 g/mol. The number of quaternary nitrogens is 1. The molecular formula is C27H57NO6P+. The van der Waals surface area contributed by atoms with Crippen LogP contribution in [0.4, 0.5) is 0 Å². The molecule has 0 saturated carbocycles. The van der Waals surface area contributed by atoms with Gasteiger partial charge in [-0.15, -0.1) is 0 Å². The Hall–Kier alpha value is -0.460. The summed E-state index contributed by atoms with van der Waals surface area (Å²) in [4.78, 5) is 21.8. The van der Waals surface area contributed by atoms with Crippen molar-refractivity contribution in [3.63, 3.8) is 0 Å². The zero-order chi connectivity index (χ0) is 26.2. The first-order chi connectivity index (χ1) is 16.8. The molecule has 0 amide bonds. The minimum atomic E-state index is -3.69. The number of hydrogen-bond donors (Lipinski definition) is 2. The predicted octanol–water partition coefficient (Wildman–Crippen LogP) is 5.84. The minimum absolute atomic E-state index is 0.0655. The number of carbonyl (C=O) groups excluding carboxylic acids is 1. The van der Waals surface area contributed by atoms with Crippen molar-refractivity contribution < 1.29 is 33.6 Å². The summed E-state index contributed by atoms with van der Waals surface area (Å²) in [5.74, 6) is 0.0963. The highest BCUT2D eigenvalue weighted by Crippen LogP contribution is 2.40. The predicted molar refractivity (Wildman–Crippen MR) is 144 cm³/mol. The number of unbranched alkanes of at least 4 members (excludes halogenated alkanes) is 11. The van der Waals surface area contributed by atoms with Gasteiger partial charge in [0.05, 0.1) is 33.0 Å². The Morgan fingerprint density at radius 2 is 1.43 bits per heavy atom. The van der Waals surface area contributed by atoms with Crippen molar-refractivity contribution in [1.82, 2.24) is 0 Å². The Bertz CT molecular complexity index is 534. The molecule has 0 radical (unpaired) electrons. The summed E-state index contributed by atoms with van der Waals surface area (Å²) in [7, 11) is -1.85. The largest absolute Gasteiger partial charge is 0.457 e. The van der Waals surface area contributed by atoms with Crippen LogP contribution in [0.15, 0.2) is 0 Å². The van der Waals surface area contributed by atoms with Gasteiger partial charge in [0.25, 0.3) is 0 Å². The number of rotatable bonds is 26. The van der Waals surface area contributed by atoms with E-state index in [0.29, 0.717) is 31.9 Å². The highest BCUT2D eigenvalue weighted by atomic mass is 31.2. The first-order valence-electron chi connectivity index (χ1n) is 14.4. The number of nitrogens with two attached hydrogens (primary N) is 1. The Labute approximate surface area is 216 Å². The number of esters is 1. The van der Waals surface area contributed by atoms with Gasteiger partial charge in [0.1, 0.15) is 6.10 Å². The van der Waals surface area contributed by atoms with Gasteiger partial charge >= 0.3 is 13.6 Å². The molecule has 7 nitrogen and oxygen atoms in total. The first-order valence-corrected chi connectivity index (χ1v) is 16.1. The summed E-state index contributed by atoms with van der Waals surface area (Å²) in [6.07, 6.45) is 17.7. The zero-order valence-corrected chi connectivity index (χ0v) is 24.2. The molecule has 3 unspecified atom stereocenters. The third kappa shape index (κ3) is 23.7. The lowest BCUT2D eigenvalue weighted by Crippen LogP contribution is -2.80. The fourth-order valence-electron chi connectivity index (χ4n) is 3.94. The van der Waals surface area contributed by atoms with Gasteiger partial charge in [-0.3, -0.25) is 9.36 Å². The Kier molecular flexibility index (Phi) is 23.6. The highest BCUT2D eigenvalue weighted by molar-refractivity contribution is 7.52. The van der Waals surface area contributed by atoms with Gasteiger partial charge in [-0.1, -0.05) is 97.8 Å². The van der Waals surface area contributed by atoms with Crippen LogP contribution < -0.4 is 5.32 Å². The van der Waals surface area contributed by atoms with Crippen LogP contribution in [0.5, 0.6) is 0 Å². The molecule has 3 N–H and O–H groups in total. The maximum atomic E-state index is 12.1. The molecule has 0 bridgehead atoms. The van der Waals surface area contributed by atoms with E-state index in [9.17, 15) is 14.3 Å². The molecule has 3 atom stereocenters. The Morgan fingerprint density at radius 1 is 0.857 bits per heavy atom. The van der Waals surface area contributed by atoms with Crippen LogP contribution in [0, 0.1) is 5.92 Å². The van der Waals surface area contributed by atoms with E-state index < -0.39 is 13.7 Å². The van der Waals surface area contributed by atoms with E-state index >= 15 is 0 Å². The average molecular weight is 523 g/mol. The summed E-state index contributed by atoms with van der Waals surface area (Å²) in [5, 5.41) is 1.83. The molecule has 0 saturated heterocycles. The molecule has 35 heavy (non-hydrogen) atoms. The lowest BCUT2D eigenvalue weighted by atomic mass is 10.0. The van der Waals surface area contributed by atoms with Gasteiger partial charge in [-0.25, -0.2) is 0 Å². The van der Waals surface area contributed by atoms with E-state index in [1.54, 1.807) is 0 Å². The molecule has 210 valence electrons. The quantitative estimate of drug-likeness (QED) is 0.0842. The summed E-state index contributed by atoms with van der Waals surface area (Å²) in [5.41, 5.74) is 0. The van der Waals surface area contributed by atoms with E-state index in [-0.39, 0.29) is 25.3 Å². The molecule has 0 aliphatic carbocycles. The molecule has 0 rings (SSSR count). The summed E-state index contributed by atoms with van der Waals surface area (Å²) >= 11 is 0. The van der Waals surface area contributed by atoms with Crippen LogP contribution >= 0.6 is 7.60 Å². The smallest absolute Gasteiger partial charge is 0.333 e. The van der Waals surface area contributed by atoms with Gasteiger partial charge in [-0.05, 0) is 18.8 Å². The summed E-state index contributed by atoms with van der Waals surface area (Å²) in [6, 6.07) is 0. The van der Waals surface area contributed by atoms with E-state index in [2.05, 4.69) is 13.8 Å². The molecule has 0 spiro atoms. The maximum absolute atomic E-state index is 12.1. The van der Waals surface area contributed by atoms with Crippen molar-refractivity contribution in [2.45, 2.75) is 123 Å². The van der Waals surface area contributed by atoms with Crippen molar-refractivity contribution in [1.29, 1.82) is 0 Å². The monoisotopic (exact) mass is 522 g/mol. The van der Waals surface area contributed by atoms with Crippen molar-refractivity contribution in [3.8, 4) is 0 Å². The standard InChI is InChI=1S/C27H56NO6P/c1-5-7-8-9-10-11-12-13-14-15-16-17-19-25(3)22-32-23-26(34-27(29)18-6-2)24-33-35(30,31)21-20-28-4/h25-26,28H,5-24H2,1-4H3,(H,30,31)/p+1. The molecule has 0 fully saturated rings. The minimum Gasteiger partial charge on any atom is -0.457 e. The first kappa shape index (κ1) is 34.5. The van der Waals surface area contributed by atoms with Crippen molar-refractivity contribution in [3.05, 3.63) is 0 Å². The van der Waals surface area contributed by atoms with Crippen LogP contribution in [-0.2, 0) is 23.4 Å². The normalized spacial score (nSPS) is 15.0. The van der Waals surface area contributed by atoms with Crippen LogP contribution in [0.3, 0.4) is 0 Å². The van der Waals surface area contributed by atoms with E-state index in [1.165, 1.54) is 77.0 Å². The maximum Gasteiger partial charge on any atom is 0.333 e. The van der Waals surface area contributed by atoms with Gasteiger partial charge < -0.3 is 24.2 Å². The highest BCUT2D eigenvalue weighted by Gasteiger charge is 2.24. The van der Waals surface area contributed by atoms with Gasteiger partial charge in [0.2, 0.25) is 0 Å². The Morgan fingerprint density at radius 3 is 1.97 bits per heavy atom. The molecule has 0 heterocycles. The molecule has 0 aromatic rings. The number of carbonyl (C=O) groups is 1. The van der Waals surface area contributed by atoms with Gasteiger partial charge in [0.15, 0.2) is 0 Å². The number of hydrogen-bond acceptors (Lipinski definition) is 5. The van der Waals surface area contributed by atoms with Crippen LogP contribution in [-0.4, -0.2) is 56.5 Å². The fourth-order valence-corrected chi connectivity index (χ4v) is 5.05. The van der Waals surface area contributed by atoms with Crippen molar-refractivity contribution >= 4 is 13.6 Å². The second-order valence-electron chi connectivity index (χ2n) is 10.0. The van der Waals surface area contributed by atoms with E-state index in [4.69, 9.17) is 14.0 Å². The average Bonchev–Trinajstić information content (AvgIpc) is 2.82. The third-order valence-electron chi connectivity index (χ3n) is 6.17. The molecule has 8 heteroatoms. The fraction of sp³-hybridized carbons (Fsp3) is 0.963. The van der Waals surface area contributed by atoms with Gasteiger partial charge in [0, 0.05) is 13.0 Å². The van der Waals surface area contributed by atoms with E-state index in [0.717, 1.165) is 6.42 Å². The molecule has 0 aromatic heterocycles. The lowest BCUT2D eigenvalue weighted by Gasteiger charge is -2.21. The summed E-state index contributed by atoms with van der Waals surface area (Å²) < 4.78 is 28.5. The zero-order valence-electron chi connectivity index (χ0n) is 23.3. The second kappa shape index (κ2) is 23.9. The topological polar surface area (TPSA) is 98.7 Å². The molecule has 0 aromatic carbocycles. The molecule has 0 aliphatic heterocycles. The molecule has 0 aliphatic rings. The second-order valence-corrected chi connectivity index (χ2v) is 12.0. The number of ether oxygens (including phenoxy) is 2. The van der Waals surface area contributed by atoms with Crippen molar-refractivity contribution in [2.24, 2.45) is 5.92 Å². The lowest BCUT2D eigenvalue weighted by molar-refractivity contribution is -0.622. The summed E-state index contributed by atoms with van der Waals surface area (Å²) in [6.45, 7) is 7.49. The SMILES string of the molecule is CCCCCCCCCCCCCCC(C)COCC(COP(=O)(O)CC[NH2+]C)OC(=O)CCC. The van der Waals surface area contributed by atoms with Crippen LogP contribution in [0.25, 0.3) is 0 Å². The third-order valence-corrected chi connectivity index (χ3v) is 7.55. The van der Waals surface area contributed by atoms with Crippen molar-refractivity contribution in [2.75, 3.05) is 39.6 Å². The van der Waals surface area contributed by atoms with Crippen LogP contribution in [0.2, 0.25) is 0 Å². The van der Waals surface area contributed by atoms with Crippen LogP contribution in [0.1, 0.15) is 117 Å². The Balaban J connectivity index is 3.97. The van der Waals surface area contributed by atoms with Gasteiger partial charge in [-0.2, -0.15) is 0 Å².